The standard InChI is InChI=1S/C16H22ClN3O4S.ClH/c1-11-15(17)8-14(9-16(11)20(21)22)25(23,24)19-6-4-13(5-7-19)18-10-12-2-3-12;/h8-9,12-13,18H,2-7,10H2,1H3;1H. The Hall–Kier alpha value is -0.930. The minimum absolute atomic E-state index is 0. The molecule has 146 valence electrons. The van der Waals surface area contributed by atoms with Gasteiger partial charge in [-0.05, 0) is 51.1 Å². The first-order chi connectivity index (χ1) is 11.8. The molecule has 7 nitrogen and oxygen atoms in total. The average Bonchev–Trinajstić information content (AvgIpc) is 3.39. The lowest BCUT2D eigenvalue weighted by molar-refractivity contribution is -0.385. The van der Waals surface area contributed by atoms with Gasteiger partial charge in [-0.1, -0.05) is 11.6 Å². The van der Waals surface area contributed by atoms with Gasteiger partial charge in [0.15, 0.2) is 0 Å². The van der Waals surface area contributed by atoms with Crippen molar-refractivity contribution in [3.05, 3.63) is 32.8 Å². The van der Waals surface area contributed by atoms with Gasteiger partial charge in [-0.3, -0.25) is 10.1 Å². The fourth-order valence-corrected chi connectivity index (χ4v) is 4.88. The maximum absolute atomic E-state index is 12.8. The molecule has 1 saturated heterocycles. The molecule has 0 unspecified atom stereocenters. The highest BCUT2D eigenvalue weighted by Crippen LogP contribution is 2.32. The molecule has 2 aliphatic rings. The van der Waals surface area contributed by atoms with Crippen LogP contribution in [-0.2, 0) is 10.0 Å². The van der Waals surface area contributed by atoms with Crippen molar-refractivity contribution in [3.63, 3.8) is 0 Å². The minimum Gasteiger partial charge on any atom is -0.314 e. The normalized spacial score (nSPS) is 19.2. The van der Waals surface area contributed by atoms with Crippen LogP contribution < -0.4 is 5.32 Å². The highest BCUT2D eigenvalue weighted by Gasteiger charge is 2.32. The molecule has 10 heteroatoms. The largest absolute Gasteiger partial charge is 0.314 e. The van der Waals surface area contributed by atoms with Crippen LogP contribution in [0.2, 0.25) is 5.02 Å². The van der Waals surface area contributed by atoms with E-state index in [0.29, 0.717) is 19.1 Å². The van der Waals surface area contributed by atoms with E-state index in [1.807, 2.05) is 0 Å². The van der Waals surface area contributed by atoms with E-state index in [-0.39, 0.29) is 33.6 Å². The molecule has 1 aromatic rings. The monoisotopic (exact) mass is 423 g/mol. The quantitative estimate of drug-likeness (QED) is 0.560. The van der Waals surface area contributed by atoms with E-state index in [0.717, 1.165) is 31.4 Å². The summed E-state index contributed by atoms with van der Waals surface area (Å²) in [6.07, 6.45) is 4.06. The smallest absolute Gasteiger partial charge is 0.275 e. The summed E-state index contributed by atoms with van der Waals surface area (Å²) in [6.45, 7) is 3.33. The molecule has 2 fully saturated rings. The number of hydrogen-bond acceptors (Lipinski definition) is 5. The molecule has 0 atom stereocenters. The molecular formula is C16H23Cl2N3O4S. The molecule has 1 heterocycles. The molecule has 0 radical (unpaired) electrons. The van der Waals surface area contributed by atoms with Crippen molar-refractivity contribution in [1.82, 2.24) is 9.62 Å². The van der Waals surface area contributed by atoms with Crippen LogP contribution in [0.4, 0.5) is 5.69 Å². The van der Waals surface area contributed by atoms with Crippen LogP contribution in [0, 0.1) is 23.0 Å². The number of nitro groups is 1. The number of sulfonamides is 1. The second-order valence-electron chi connectivity index (χ2n) is 6.84. The third kappa shape index (κ3) is 4.67. The fraction of sp³-hybridized carbons (Fsp3) is 0.625. The van der Waals surface area contributed by atoms with Gasteiger partial charge in [-0.15, -0.1) is 12.4 Å². The van der Waals surface area contributed by atoms with Crippen LogP contribution in [0.5, 0.6) is 0 Å². The number of hydrogen-bond donors (Lipinski definition) is 1. The molecule has 1 saturated carbocycles. The van der Waals surface area contributed by atoms with E-state index >= 15 is 0 Å². The van der Waals surface area contributed by atoms with Crippen LogP contribution in [0.1, 0.15) is 31.2 Å². The van der Waals surface area contributed by atoms with E-state index in [2.05, 4.69) is 5.32 Å². The van der Waals surface area contributed by atoms with Crippen LogP contribution in [0.15, 0.2) is 17.0 Å². The third-order valence-corrected chi connectivity index (χ3v) is 7.24. The van der Waals surface area contributed by atoms with Gasteiger partial charge in [0, 0.05) is 30.8 Å². The molecule has 1 aromatic carbocycles. The van der Waals surface area contributed by atoms with Crippen molar-refractivity contribution in [2.75, 3.05) is 19.6 Å². The molecule has 1 aliphatic heterocycles. The van der Waals surface area contributed by atoms with Gasteiger partial charge in [0.1, 0.15) is 0 Å². The molecule has 1 N–H and O–H groups in total. The van der Waals surface area contributed by atoms with Gasteiger partial charge in [-0.25, -0.2) is 8.42 Å². The van der Waals surface area contributed by atoms with Crippen molar-refractivity contribution < 1.29 is 13.3 Å². The van der Waals surface area contributed by atoms with Crippen LogP contribution in [0.25, 0.3) is 0 Å². The molecule has 3 rings (SSSR count). The number of nitrogens with zero attached hydrogens (tertiary/aromatic N) is 2. The summed E-state index contributed by atoms with van der Waals surface area (Å²) in [5.74, 6) is 0.789. The van der Waals surface area contributed by atoms with E-state index in [1.165, 1.54) is 30.1 Å². The molecule has 0 spiro atoms. The van der Waals surface area contributed by atoms with Gasteiger partial charge < -0.3 is 5.32 Å². The van der Waals surface area contributed by atoms with Crippen LogP contribution in [0.3, 0.4) is 0 Å². The number of nitro benzene ring substituents is 1. The minimum atomic E-state index is -3.78. The fourth-order valence-electron chi connectivity index (χ4n) is 3.08. The topological polar surface area (TPSA) is 92.6 Å². The molecule has 0 amide bonds. The highest BCUT2D eigenvalue weighted by molar-refractivity contribution is 7.89. The van der Waals surface area contributed by atoms with Crippen molar-refractivity contribution in [1.29, 1.82) is 0 Å². The Kier molecular flexibility index (Phi) is 6.90. The Morgan fingerprint density at radius 1 is 1.27 bits per heavy atom. The highest BCUT2D eigenvalue weighted by atomic mass is 35.5. The van der Waals surface area contributed by atoms with Gasteiger partial charge in [0.2, 0.25) is 10.0 Å². The van der Waals surface area contributed by atoms with Crippen molar-refractivity contribution in [2.45, 2.75) is 43.5 Å². The Labute approximate surface area is 164 Å². The Morgan fingerprint density at radius 2 is 1.88 bits per heavy atom. The van der Waals surface area contributed by atoms with Crippen LogP contribution in [-0.4, -0.2) is 43.3 Å². The molecule has 0 bridgehead atoms. The van der Waals surface area contributed by atoms with Gasteiger partial charge in [0.05, 0.1) is 14.8 Å². The zero-order valence-corrected chi connectivity index (χ0v) is 16.9. The van der Waals surface area contributed by atoms with Crippen LogP contribution >= 0.6 is 24.0 Å². The zero-order valence-electron chi connectivity index (χ0n) is 14.5. The van der Waals surface area contributed by atoms with E-state index in [4.69, 9.17) is 11.6 Å². The van der Waals surface area contributed by atoms with Crippen molar-refractivity contribution in [2.24, 2.45) is 5.92 Å². The Balaban J connectivity index is 0.00000243. The summed E-state index contributed by atoms with van der Waals surface area (Å²) in [5.41, 5.74) is 0.000613. The summed E-state index contributed by atoms with van der Waals surface area (Å²) in [6, 6.07) is 2.74. The number of halogens is 2. The summed E-state index contributed by atoms with van der Waals surface area (Å²) in [4.78, 5) is 10.4. The summed E-state index contributed by atoms with van der Waals surface area (Å²) in [5, 5.41) is 14.7. The lowest BCUT2D eigenvalue weighted by Crippen LogP contribution is -2.45. The summed E-state index contributed by atoms with van der Waals surface area (Å²) in [7, 11) is -3.78. The average molecular weight is 424 g/mol. The molecule has 26 heavy (non-hydrogen) atoms. The molecule has 1 aliphatic carbocycles. The first-order valence-corrected chi connectivity index (χ1v) is 10.3. The summed E-state index contributed by atoms with van der Waals surface area (Å²) < 4.78 is 27.1. The molecule has 0 aromatic heterocycles. The lowest BCUT2D eigenvalue weighted by atomic mass is 10.1. The van der Waals surface area contributed by atoms with Gasteiger partial charge in [0.25, 0.3) is 5.69 Å². The SMILES string of the molecule is Cc1c(Cl)cc(S(=O)(=O)N2CCC(NCC3CC3)CC2)cc1[N+](=O)[O-].Cl. The van der Waals surface area contributed by atoms with Gasteiger partial charge in [-0.2, -0.15) is 4.31 Å². The predicted octanol–water partition coefficient (Wildman–Crippen LogP) is 3.13. The summed E-state index contributed by atoms with van der Waals surface area (Å²) >= 11 is 6.01. The second kappa shape index (κ2) is 8.39. The van der Waals surface area contributed by atoms with Crippen molar-refractivity contribution in [3.8, 4) is 0 Å². The zero-order chi connectivity index (χ0) is 18.2. The number of piperidine rings is 1. The third-order valence-electron chi connectivity index (χ3n) is 4.97. The predicted molar refractivity (Wildman–Crippen MR) is 103 cm³/mol. The van der Waals surface area contributed by atoms with Crippen molar-refractivity contribution >= 4 is 39.7 Å². The Morgan fingerprint density at radius 3 is 2.42 bits per heavy atom. The Bertz CT molecular complexity index is 776. The maximum Gasteiger partial charge on any atom is 0.275 e. The first kappa shape index (κ1) is 21.4. The second-order valence-corrected chi connectivity index (χ2v) is 9.18. The lowest BCUT2D eigenvalue weighted by Gasteiger charge is -2.31. The van der Waals surface area contributed by atoms with E-state index in [9.17, 15) is 18.5 Å². The van der Waals surface area contributed by atoms with Gasteiger partial charge >= 0.3 is 0 Å². The van der Waals surface area contributed by atoms with E-state index < -0.39 is 14.9 Å². The number of nitrogens with one attached hydrogen (secondary N) is 1. The number of benzene rings is 1. The van der Waals surface area contributed by atoms with E-state index in [1.54, 1.807) is 0 Å². The first-order valence-electron chi connectivity index (χ1n) is 8.47. The molecular weight excluding hydrogens is 401 g/mol. The number of rotatable bonds is 6. The maximum atomic E-state index is 12.8.